The lowest BCUT2D eigenvalue weighted by molar-refractivity contribution is -0.127. The molecule has 0 unspecified atom stereocenters. The maximum absolute atomic E-state index is 13.0. The van der Waals surface area contributed by atoms with E-state index in [4.69, 9.17) is 0 Å². The number of halogens is 1. The van der Waals surface area contributed by atoms with Crippen LogP contribution in [0.5, 0.6) is 0 Å². The second kappa shape index (κ2) is 11.2. The molecule has 0 radical (unpaired) electrons. The number of hydrogen-bond donors (Lipinski definition) is 2. The van der Waals surface area contributed by atoms with Crippen molar-refractivity contribution in [3.8, 4) is 0 Å². The van der Waals surface area contributed by atoms with Gasteiger partial charge in [0.1, 0.15) is 5.82 Å². The van der Waals surface area contributed by atoms with Crippen molar-refractivity contribution >= 4 is 17.5 Å². The van der Waals surface area contributed by atoms with Crippen LogP contribution in [0, 0.1) is 5.82 Å². The van der Waals surface area contributed by atoms with Gasteiger partial charge in [0.2, 0.25) is 11.8 Å². The molecular formula is C23H33FN4O2. The molecule has 0 saturated carbocycles. The van der Waals surface area contributed by atoms with Crippen molar-refractivity contribution in [2.45, 2.75) is 45.1 Å². The van der Waals surface area contributed by atoms with E-state index in [2.05, 4.69) is 26.5 Å². The van der Waals surface area contributed by atoms with E-state index >= 15 is 0 Å². The lowest BCUT2D eigenvalue weighted by Gasteiger charge is -2.37. The van der Waals surface area contributed by atoms with Gasteiger partial charge >= 0.3 is 0 Å². The Morgan fingerprint density at radius 2 is 1.83 bits per heavy atom. The number of hydrogen-bond acceptors (Lipinski definition) is 4. The summed E-state index contributed by atoms with van der Waals surface area (Å²) in [5.41, 5.74) is 2.07. The standard InChI is InChI=1S/C23H33FN4O2/c1-18(23(30)25-12-11-19-5-3-2-4-6-19)28-15-13-27(14-16-28)17-22(29)26-21-9-7-20(24)8-10-21/h5,7-10,18H,2-4,6,11-17H2,1H3,(H,25,30)(H,26,29)/t18-/m0/s1. The van der Waals surface area contributed by atoms with E-state index in [1.165, 1.54) is 43.4 Å². The molecule has 3 rings (SSSR count). The zero-order valence-electron chi connectivity index (χ0n) is 17.8. The lowest BCUT2D eigenvalue weighted by Crippen LogP contribution is -2.54. The lowest BCUT2D eigenvalue weighted by atomic mass is 9.97. The summed E-state index contributed by atoms with van der Waals surface area (Å²) < 4.78 is 13.0. The van der Waals surface area contributed by atoms with Crippen LogP contribution >= 0.6 is 0 Å². The first-order valence-corrected chi connectivity index (χ1v) is 11.0. The average Bonchev–Trinajstić information content (AvgIpc) is 2.76. The third-order valence-corrected chi connectivity index (χ3v) is 5.96. The van der Waals surface area contributed by atoms with Crippen LogP contribution in [0.2, 0.25) is 0 Å². The van der Waals surface area contributed by atoms with Crippen LogP contribution in [-0.2, 0) is 9.59 Å². The Bertz CT molecular complexity index is 742. The molecule has 7 heteroatoms. The molecule has 6 nitrogen and oxygen atoms in total. The quantitative estimate of drug-likeness (QED) is 0.640. The Balaban J connectivity index is 1.34. The molecule has 2 aliphatic rings. The maximum atomic E-state index is 13.0. The highest BCUT2D eigenvalue weighted by Crippen LogP contribution is 2.19. The smallest absolute Gasteiger partial charge is 0.238 e. The molecule has 1 aliphatic heterocycles. The molecule has 0 spiro atoms. The molecule has 2 N–H and O–H groups in total. The Kier molecular flexibility index (Phi) is 8.39. The minimum absolute atomic E-state index is 0.0777. The first-order valence-electron chi connectivity index (χ1n) is 11.0. The zero-order valence-corrected chi connectivity index (χ0v) is 17.8. The highest BCUT2D eigenvalue weighted by atomic mass is 19.1. The van der Waals surface area contributed by atoms with Crippen molar-refractivity contribution in [1.82, 2.24) is 15.1 Å². The number of nitrogens with zero attached hydrogens (tertiary/aromatic N) is 2. The van der Waals surface area contributed by atoms with Gasteiger partial charge in [0.05, 0.1) is 12.6 Å². The van der Waals surface area contributed by atoms with Crippen LogP contribution in [0.15, 0.2) is 35.9 Å². The van der Waals surface area contributed by atoms with Gasteiger partial charge in [0.15, 0.2) is 0 Å². The molecule has 0 aromatic heterocycles. The van der Waals surface area contributed by atoms with Gasteiger partial charge in [-0.2, -0.15) is 0 Å². The summed E-state index contributed by atoms with van der Waals surface area (Å²) in [7, 11) is 0. The largest absolute Gasteiger partial charge is 0.354 e. The Morgan fingerprint density at radius 1 is 1.10 bits per heavy atom. The third kappa shape index (κ3) is 6.92. The SMILES string of the molecule is C[C@@H](C(=O)NCCC1=CCCCC1)N1CCN(CC(=O)Nc2ccc(F)cc2)CC1. The molecule has 1 aromatic carbocycles. The van der Waals surface area contributed by atoms with Gasteiger partial charge in [-0.25, -0.2) is 4.39 Å². The van der Waals surface area contributed by atoms with Crippen molar-refractivity contribution in [3.63, 3.8) is 0 Å². The molecule has 0 bridgehead atoms. The van der Waals surface area contributed by atoms with Gasteiger partial charge in [0, 0.05) is 38.4 Å². The summed E-state index contributed by atoms with van der Waals surface area (Å²) in [5, 5.41) is 5.87. The first-order chi connectivity index (χ1) is 14.5. The number of piperazine rings is 1. The van der Waals surface area contributed by atoms with E-state index in [0.717, 1.165) is 32.6 Å². The van der Waals surface area contributed by atoms with Crippen LogP contribution < -0.4 is 10.6 Å². The van der Waals surface area contributed by atoms with E-state index in [1.54, 1.807) is 12.1 Å². The van der Waals surface area contributed by atoms with Gasteiger partial charge in [-0.05, 0) is 63.3 Å². The summed E-state index contributed by atoms with van der Waals surface area (Å²) in [6, 6.07) is 5.59. The molecule has 1 aliphatic carbocycles. The van der Waals surface area contributed by atoms with Crippen molar-refractivity contribution in [1.29, 1.82) is 0 Å². The van der Waals surface area contributed by atoms with Gasteiger partial charge in [-0.3, -0.25) is 19.4 Å². The number of nitrogens with one attached hydrogen (secondary N) is 2. The Labute approximate surface area is 178 Å². The normalized spacial score (nSPS) is 19.1. The number of carbonyl (C=O) groups excluding carboxylic acids is 2. The molecule has 1 atom stereocenters. The van der Waals surface area contributed by atoms with E-state index in [1.807, 2.05) is 6.92 Å². The van der Waals surface area contributed by atoms with E-state index in [-0.39, 0.29) is 23.7 Å². The highest BCUT2D eigenvalue weighted by Gasteiger charge is 2.26. The fourth-order valence-electron chi connectivity index (χ4n) is 4.04. The minimum Gasteiger partial charge on any atom is -0.354 e. The van der Waals surface area contributed by atoms with Gasteiger partial charge in [-0.1, -0.05) is 11.6 Å². The molecule has 1 heterocycles. The van der Waals surface area contributed by atoms with Crippen molar-refractivity contribution in [2.75, 3.05) is 44.6 Å². The van der Waals surface area contributed by atoms with Crippen LogP contribution in [0.25, 0.3) is 0 Å². The van der Waals surface area contributed by atoms with Crippen molar-refractivity contribution in [3.05, 3.63) is 41.7 Å². The van der Waals surface area contributed by atoms with Gasteiger partial charge in [-0.15, -0.1) is 0 Å². The van der Waals surface area contributed by atoms with Crippen LogP contribution in [0.4, 0.5) is 10.1 Å². The maximum Gasteiger partial charge on any atom is 0.238 e. The molecular weight excluding hydrogens is 383 g/mol. The predicted octanol–water partition coefficient (Wildman–Crippen LogP) is 2.78. The number of allylic oxidation sites excluding steroid dienone is 1. The summed E-state index contributed by atoms with van der Waals surface area (Å²) in [5.74, 6) is -0.361. The Hall–Kier alpha value is -2.25. The summed E-state index contributed by atoms with van der Waals surface area (Å²) in [6.45, 7) is 5.93. The molecule has 1 aromatic rings. The summed E-state index contributed by atoms with van der Waals surface area (Å²) in [6.07, 6.45) is 8.17. The zero-order chi connectivity index (χ0) is 21.3. The molecule has 1 saturated heterocycles. The van der Waals surface area contributed by atoms with Crippen molar-refractivity contribution < 1.29 is 14.0 Å². The van der Waals surface area contributed by atoms with Crippen LogP contribution in [0.1, 0.15) is 39.0 Å². The minimum atomic E-state index is -0.326. The van der Waals surface area contributed by atoms with E-state index < -0.39 is 0 Å². The second-order valence-corrected chi connectivity index (χ2v) is 8.19. The number of rotatable bonds is 8. The van der Waals surface area contributed by atoms with Crippen molar-refractivity contribution in [2.24, 2.45) is 0 Å². The third-order valence-electron chi connectivity index (χ3n) is 5.96. The van der Waals surface area contributed by atoms with Crippen LogP contribution in [-0.4, -0.2) is 66.9 Å². The molecule has 2 amide bonds. The van der Waals surface area contributed by atoms with Crippen LogP contribution in [0.3, 0.4) is 0 Å². The molecule has 1 fully saturated rings. The molecule has 30 heavy (non-hydrogen) atoms. The van der Waals surface area contributed by atoms with Gasteiger partial charge < -0.3 is 10.6 Å². The number of carbonyl (C=O) groups is 2. The predicted molar refractivity (Wildman–Crippen MR) is 117 cm³/mol. The fraction of sp³-hybridized carbons (Fsp3) is 0.565. The fourth-order valence-corrected chi connectivity index (χ4v) is 4.04. The highest BCUT2D eigenvalue weighted by molar-refractivity contribution is 5.92. The summed E-state index contributed by atoms with van der Waals surface area (Å²) >= 11 is 0. The topological polar surface area (TPSA) is 64.7 Å². The Morgan fingerprint density at radius 3 is 2.50 bits per heavy atom. The second-order valence-electron chi connectivity index (χ2n) is 8.19. The van der Waals surface area contributed by atoms with Gasteiger partial charge in [0.25, 0.3) is 0 Å². The number of anilines is 1. The van der Waals surface area contributed by atoms with E-state index in [0.29, 0.717) is 18.8 Å². The first kappa shape index (κ1) is 22.4. The number of benzene rings is 1. The number of amides is 2. The monoisotopic (exact) mass is 416 g/mol. The van der Waals surface area contributed by atoms with E-state index in [9.17, 15) is 14.0 Å². The average molecular weight is 417 g/mol. The summed E-state index contributed by atoms with van der Waals surface area (Å²) in [4.78, 5) is 29.0. The molecule has 164 valence electrons.